The lowest BCUT2D eigenvalue weighted by Gasteiger charge is -2.18. The fourth-order valence-electron chi connectivity index (χ4n) is 2.63. The summed E-state index contributed by atoms with van der Waals surface area (Å²) < 4.78 is 0. The molecule has 2 unspecified atom stereocenters. The fourth-order valence-corrected chi connectivity index (χ4v) is 3.62. The van der Waals surface area contributed by atoms with Crippen LogP contribution in [0, 0.1) is 6.92 Å². The molecule has 2 aromatic carbocycles. The van der Waals surface area contributed by atoms with Crippen LogP contribution in [-0.4, -0.2) is 21.1 Å². The average Bonchev–Trinajstić information content (AvgIpc) is 2.62. The smallest absolute Gasteiger partial charge is 0.233 e. The second-order valence-electron chi connectivity index (χ2n) is 5.99. The van der Waals surface area contributed by atoms with E-state index >= 15 is 0 Å². The highest BCUT2D eigenvalue weighted by Gasteiger charge is 2.19. The minimum atomic E-state index is -0.246. The molecule has 1 aromatic heterocycles. The van der Waals surface area contributed by atoms with Crippen LogP contribution in [0.15, 0.2) is 59.6 Å². The van der Waals surface area contributed by atoms with E-state index < -0.39 is 0 Å². The van der Waals surface area contributed by atoms with Gasteiger partial charge in [0.2, 0.25) is 5.91 Å². The molecule has 0 saturated carbocycles. The summed E-state index contributed by atoms with van der Waals surface area (Å²) in [5.41, 5.74) is 2.00. The molecule has 1 N–H and O–H groups in total. The first-order chi connectivity index (χ1) is 12.0. The van der Waals surface area contributed by atoms with E-state index in [9.17, 15) is 4.79 Å². The first-order valence-electron chi connectivity index (χ1n) is 8.30. The molecule has 4 nitrogen and oxygen atoms in total. The predicted molar refractivity (Wildman–Crippen MR) is 103 cm³/mol. The number of aromatic nitrogens is 2. The Hall–Kier alpha value is -2.40. The minimum absolute atomic E-state index is 0.00157. The highest BCUT2D eigenvalue weighted by Crippen LogP contribution is 2.29. The van der Waals surface area contributed by atoms with Crippen molar-refractivity contribution in [1.29, 1.82) is 0 Å². The van der Waals surface area contributed by atoms with Gasteiger partial charge in [0.1, 0.15) is 10.9 Å². The molecule has 128 valence electrons. The Morgan fingerprint density at radius 2 is 1.68 bits per heavy atom. The number of amides is 1. The number of aryl methyl sites for hydroxylation is 1. The van der Waals surface area contributed by atoms with Gasteiger partial charge >= 0.3 is 0 Å². The molecule has 0 aliphatic heterocycles. The van der Waals surface area contributed by atoms with Crippen molar-refractivity contribution < 1.29 is 4.79 Å². The zero-order valence-electron chi connectivity index (χ0n) is 14.6. The van der Waals surface area contributed by atoms with Gasteiger partial charge in [-0.1, -0.05) is 60.3 Å². The van der Waals surface area contributed by atoms with Gasteiger partial charge in [0.05, 0.1) is 16.8 Å². The van der Waals surface area contributed by atoms with Crippen molar-refractivity contribution in [2.45, 2.75) is 37.1 Å². The molecule has 3 aromatic rings. The summed E-state index contributed by atoms with van der Waals surface area (Å²) in [4.78, 5) is 21.6. The van der Waals surface area contributed by atoms with Crippen LogP contribution in [0.5, 0.6) is 0 Å². The number of thioether (sulfide) groups is 1. The maximum atomic E-state index is 12.6. The number of rotatable bonds is 5. The summed E-state index contributed by atoms with van der Waals surface area (Å²) in [6.45, 7) is 5.78. The van der Waals surface area contributed by atoms with Crippen LogP contribution in [-0.2, 0) is 4.79 Å². The van der Waals surface area contributed by atoms with Gasteiger partial charge < -0.3 is 5.32 Å². The lowest BCUT2D eigenvalue weighted by Crippen LogP contribution is -2.33. The molecule has 5 heteroatoms. The maximum absolute atomic E-state index is 12.6. The van der Waals surface area contributed by atoms with Crippen LogP contribution in [0.25, 0.3) is 10.9 Å². The first-order valence-corrected chi connectivity index (χ1v) is 9.18. The molecular weight excluding hydrogens is 330 g/mol. The molecule has 1 heterocycles. The van der Waals surface area contributed by atoms with Gasteiger partial charge in [0.25, 0.3) is 0 Å². The number of para-hydroxylation sites is 1. The van der Waals surface area contributed by atoms with Crippen LogP contribution < -0.4 is 5.32 Å². The Morgan fingerprint density at radius 3 is 2.44 bits per heavy atom. The summed E-state index contributed by atoms with van der Waals surface area (Å²) >= 11 is 1.47. The topological polar surface area (TPSA) is 54.9 Å². The number of hydrogen-bond donors (Lipinski definition) is 1. The third-order valence-electron chi connectivity index (χ3n) is 4.00. The molecule has 3 rings (SSSR count). The van der Waals surface area contributed by atoms with Gasteiger partial charge in [-0.05, 0) is 32.4 Å². The Kier molecular flexibility index (Phi) is 5.34. The van der Waals surface area contributed by atoms with Gasteiger partial charge in [-0.2, -0.15) is 0 Å². The highest BCUT2D eigenvalue weighted by molar-refractivity contribution is 8.00. The van der Waals surface area contributed by atoms with Crippen LogP contribution in [0.3, 0.4) is 0 Å². The van der Waals surface area contributed by atoms with Crippen molar-refractivity contribution in [3.05, 3.63) is 66.0 Å². The zero-order chi connectivity index (χ0) is 17.8. The summed E-state index contributed by atoms with van der Waals surface area (Å²) in [6, 6.07) is 17.8. The molecule has 0 spiro atoms. The van der Waals surface area contributed by atoms with E-state index in [-0.39, 0.29) is 17.2 Å². The van der Waals surface area contributed by atoms with Crippen molar-refractivity contribution in [2.75, 3.05) is 0 Å². The van der Waals surface area contributed by atoms with Gasteiger partial charge in [-0.3, -0.25) is 4.79 Å². The van der Waals surface area contributed by atoms with Crippen LogP contribution in [0.2, 0.25) is 0 Å². The molecule has 0 radical (unpaired) electrons. The summed E-state index contributed by atoms with van der Waals surface area (Å²) in [5.74, 6) is 0.716. The second-order valence-corrected chi connectivity index (χ2v) is 7.32. The normalized spacial score (nSPS) is 13.4. The third-order valence-corrected chi connectivity index (χ3v) is 5.10. The van der Waals surface area contributed by atoms with E-state index in [1.54, 1.807) is 0 Å². The highest BCUT2D eigenvalue weighted by atomic mass is 32.2. The number of nitrogens with one attached hydrogen (secondary N) is 1. The minimum Gasteiger partial charge on any atom is -0.349 e. The Bertz CT molecular complexity index is 883. The van der Waals surface area contributed by atoms with Crippen LogP contribution in [0.4, 0.5) is 0 Å². The summed E-state index contributed by atoms with van der Waals surface area (Å²) in [6.07, 6.45) is 0. The van der Waals surface area contributed by atoms with Crippen molar-refractivity contribution in [3.63, 3.8) is 0 Å². The average molecular weight is 351 g/mol. The summed E-state index contributed by atoms with van der Waals surface area (Å²) in [7, 11) is 0. The van der Waals surface area contributed by atoms with Crippen LogP contribution >= 0.6 is 11.8 Å². The van der Waals surface area contributed by atoms with E-state index in [0.717, 1.165) is 21.5 Å². The molecule has 0 aliphatic carbocycles. The standard InChI is InChI=1S/C20H21N3OS/c1-13(16-9-5-4-6-10-16)21-19(24)14(2)25-20-17-11-7-8-12-18(17)22-15(3)23-20/h4-14H,1-3H3,(H,21,24). The second kappa shape index (κ2) is 7.66. The zero-order valence-corrected chi connectivity index (χ0v) is 15.4. The van der Waals surface area contributed by atoms with E-state index in [0.29, 0.717) is 5.82 Å². The quantitative estimate of drug-likeness (QED) is 0.550. The van der Waals surface area contributed by atoms with Crippen molar-refractivity contribution in [3.8, 4) is 0 Å². The van der Waals surface area contributed by atoms with E-state index in [1.165, 1.54) is 11.8 Å². The molecule has 0 bridgehead atoms. The monoisotopic (exact) mass is 351 g/mol. The molecule has 0 saturated heterocycles. The van der Waals surface area contributed by atoms with Crippen molar-refractivity contribution >= 4 is 28.6 Å². The molecule has 0 fully saturated rings. The van der Waals surface area contributed by atoms with Crippen molar-refractivity contribution in [1.82, 2.24) is 15.3 Å². The van der Waals surface area contributed by atoms with Gasteiger partial charge in [-0.15, -0.1) is 0 Å². The largest absolute Gasteiger partial charge is 0.349 e. The molecular formula is C20H21N3OS. The number of carbonyl (C=O) groups is 1. The number of carbonyl (C=O) groups excluding carboxylic acids is 1. The predicted octanol–water partition coefficient (Wildman–Crippen LogP) is 4.30. The molecule has 2 atom stereocenters. The SMILES string of the molecule is Cc1nc(SC(C)C(=O)NC(C)c2ccccc2)c2ccccc2n1. The number of fused-ring (bicyclic) bond motifs is 1. The Morgan fingerprint density at radius 1 is 1.00 bits per heavy atom. The Labute approximate surface area is 152 Å². The van der Waals surface area contributed by atoms with E-state index in [2.05, 4.69) is 15.3 Å². The maximum Gasteiger partial charge on any atom is 0.233 e. The number of hydrogen-bond acceptors (Lipinski definition) is 4. The van der Waals surface area contributed by atoms with Gasteiger partial charge in [0.15, 0.2) is 0 Å². The molecule has 1 amide bonds. The molecule has 25 heavy (non-hydrogen) atoms. The first kappa shape index (κ1) is 17.4. The van der Waals surface area contributed by atoms with Crippen molar-refractivity contribution in [2.24, 2.45) is 0 Å². The number of nitrogens with zero attached hydrogens (tertiary/aromatic N) is 2. The summed E-state index contributed by atoms with van der Waals surface area (Å²) in [5, 5.41) is 4.66. The lowest BCUT2D eigenvalue weighted by atomic mass is 10.1. The molecule has 0 aliphatic rings. The Balaban J connectivity index is 1.74. The fraction of sp³-hybridized carbons (Fsp3) is 0.250. The number of benzene rings is 2. The third kappa shape index (κ3) is 4.17. The van der Waals surface area contributed by atoms with E-state index in [1.807, 2.05) is 75.4 Å². The van der Waals surface area contributed by atoms with E-state index in [4.69, 9.17) is 0 Å². The van der Waals surface area contributed by atoms with Gasteiger partial charge in [-0.25, -0.2) is 9.97 Å². The van der Waals surface area contributed by atoms with Crippen LogP contribution in [0.1, 0.15) is 31.3 Å². The lowest BCUT2D eigenvalue weighted by molar-refractivity contribution is -0.120. The van der Waals surface area contributed by atoms with Gasteiger partial charge in [0, 0.05) is 5.39 Å².